The van der Waals surface area contributed by atoms with Crippen molar-refractivity contribution in [3.8, 4) is 5.75 Å². The van der Waals surface area contributed by atoms with Gasteiger partial charge in [0.15, 0.2) is 0 Å². The average molecular weight is 315 g/mol. The Hall–Kier alpha value is -2.53. The number of anilines is 1. The highest BCUT2D eigenvalue weighted by atomic mass is 16.4. The number of aromatic carboxylic acids is 1. The van der Waals surface area contributed by atoms with Crippen LogP contribution in [0.2, 0.25) is 0 Å². The molecule has 0 aromatic heterocycles. The van der Waals surface area contributed by atoms with Crippen molar-refractivity contribution >= 4 is 11.7 Å². The molecule has 0 fully saturated rings. The van der Waals surface area contributed by atoms with Gasteiger partial charge in [-0.05, 0) is 31.5 Å². The van der Waals surface area contributed by atoms with Gasteiger partial charge in [-0.1, -0.05) is 24.3 Å². The zero-order chi connectivity index (χ0) is 17.0. The first-order valence-corrected chi connectivity index (χ1v) is 7.57. The lowest BCUT2D eigenvalue weighted by molar-refractivity contribution is 0.0691. The van der Waals surface area contributed by atoms with Crippen LogP contribution in [-0.2, 0) is 0 Å². The number of rotatable bonds is 6. The third kappa shape index (κ3) is 3.46. The molecule has 2 rings (SSSR count). The third-order valence-corrected chi connectivity index (χ3v) is 3.92. The van der Waals surface area contributed by atoms with Crippen molar-refractivity contribution in [2.45, 2.75) is 20.0 Å². The summed E-state index contributed by atoms with van der Waals surface area (Å²) in [7, 11) is 0. The molecule has 122 valence electrons. The lowest BCUT2D eigenvalue weighted by Gasteiger charge is -2.22. The SMILES string of the molecule is CCN(CC)c1ccc([C@@H](O)c2ccccc2C(=O)O)c(O)c1. The molecule has 0 unspecified atom stereocenters. The van der Waals surface area contributed by atoms with Gasteiger partial charge in [0, 0.05) is 30.4 Å². The molecule has 1 atom stereocenters. The molecule has 5 heteroatoms. The normalized spacial score (nSPS) is 12.0. The molecular formula is C18H21NO4. The van der Waals surface area contributed by atoms with E-state index in [1.54, 1.807) is 30.3 Å². The Bertz CT molecular complexity index is 695. The zero-order valence-corrected chi connectivity index (χ0v) is 13.2. The molecule has 0 bridgehead atoms. The summed E-state index contributed by atoms with van der Waals surface area (Å²) in [5, 5.41) is 30.0. The molecule has 5 nitrogen and oxygen atoms in total. The summed E-state index contributed by atoms with van der Waals surface area (Å²) < 4.78 is 0. The molecular weight excluding hydrogens is 294 g/mol. The molecule has 0 saturated carbocycles. The highest BCUT2D eigenvalue weighted by Crippen LogP contribution is 2.33. The maximum atomic E-state index is 11.3. The first kappa shape index (κ1) is 16.8. The topological polar surface area (TPSA) is 81.0 Å². The minimum Gasteiger partial charge on any atom is -0.507 e. The van der Waals surface area contributed by atoms with Crippen LogP contribution in [0.25, 0.3) is 0 Å². The maximum absolute atomic E-state index is 11.3. The van der Waals surface area contributed by atoms with Gasteiger partial charge in [-0.2, -0.15) is 0 Å². The number of phenolic OH excluding ortho intramolecular Hbond substituents is 1. The number of nitrogens with zero attached hydrogens (tertiary/aromatic N) is 1. The van der Waals surface area contributed by atoms with Crippen LogP contribution in [0.1, 0.15) is 41.4 Å². The molecule has 0 aliphatic carbocycles. The van der Waals surface area contributed by atoms with Gasteiger partial charge in [0.25, 0.3) is 0 Å². The lowest BCUT2D eigenvalue weighted by Crippen LogP contribution is -2.21. The van der Waals surface area contributed by atoms with Crippen molar-refractivity contribution in [3.63, 3.8) is 0 Å². The molecule has 2 aromatic carbocycles. The molecule has 0 spiro atoms. The van der Waals surface area contributed by atoms with Crippen molar-refractivity contribution in [2.75, 3.05) is 18.0 Å². The highest BCUT2D eigenvalue weighted by Gasteiger charge is 2.21. The standard InChI is InChI=1S/C18H21NO4/c1-3-19(4-2)12-9-10-15(16(20)11-12)17(21)13-7-5-6-8-14(13)18(22)23/h5-11,17,20-21H,3-4H2,1-2H3,(H,22,23)/t17-/m0/s1. The lowest BCUT2D eigenvalue weighted by atomic mass is 9.96. The summed E-state index contributed by atoms with van der Waals surface area (Å²) in [4.78, 5) is 13.4. The van der Waals surface area contributed by atoms with E-state index in [0.29, 0.717) is 0 Å². The van der Waals surface area contributed by atoms with Crippen LogP contribution in [0.4, 0.5) is 5.69 Å². The number of benzene rings is 2. The first-order chi connectivity index (χ1) is 11.0. The largest absolute Gasteiger partial charge is 0.507 e. The number of carboxylic acid groups (broad SMARTS) is 1. The summed E-state index contributed by atoms with van der Waals surface area (Å²) >= 11 is 0. The number of aliphatic hydroxyl groups excluding tert-OH is 1. The molecule has 0 radical (unpaired) electrons. The minimum absolute atomic E-state index is 0.0206. The Labute approximate surface area is 135 Å². The van der Waals surface area contributed by atoms with Crippen LogP contribution in [0, 0.1) is 0 Å². The van der Waals surface area contributed by atoms with E-state index in [-0.39, 0.29) is 22.4 Å². The number of hydrogen-bond acceptors (Lipinski definition) is 4. The van der Waals surface area contributed by atoms with Crippen molar-refractivity contribution in [3.05, 3.63) is 59.2 Å². The number of aliphatic hydroxyl groups is 1. The second-order valence-electron chi connectivity index (χ2n) is 5.21. The van der Waals surface area contributed by atoms with Gasteiger partial charge >= 0.3 is 5.97 Å². The highest BCUT2D eigenvalue weighted by molar-refractivity contribution is 5.89. The van der Waals surface area contributed by atoms with E-state index in [1.165, 1.54) is 6.07 Å². The van der Waals surface area contributed by atoms with Gasteiger partial charge in [-0.15, -0.1) is 0 Å². The van der Waals surface area contributed by atoms with Gasteiger partial charge < -0.3 is 20.2 Å². The number of aromatic hydroxyl groups is 1. The zero-order valence-electron chi connectivity index (χ0n) is 13.2. The monoisotopic (exact) mass is 315 g/mol. The fourth-order valence-electron chi connectivity index (χ4n) is 2.65. The summed E-state index contributed by atoms with van der Waals surface area (Å²) in [6.45, 7) is 5.65. The molecule has 0 heterocycles. The molecule has 0 saturated heterocycles. The van der Waals surface area contributed by atoms with Gasteiger partial charge in [0.2, 0.25) is 0 Å². The molecule has 0 aliphatic rings. The van der Waals surface area contributed by atoms with Crippen LogP contribution in [0.15, 0.2) is 42.5 Å². The van der Waals surface area contributed by atoms with Crippen molar-refractivity contribution < 1.29 is 20.1 Å². The van der Waals surface area contributed by atoms with E-state index in [9.17, 15) is 20.1 Å². The van der Waals surface area contributed by atoms with E-state index in [1.807, 2.05) is 19.9 Å². The fourth-order valence-corrected chi connectivity index (χ4v) is 2.65. The van der Waals surface area contributed by atoms with Crippen LogP contribution < -0.4 is 4.90 Å². The Morgan fingerprint density at radius 1 is 1.09 bits per heavy atom. The predicted molar refractivity (Wildman–Crippen MR) is 89.1 cm³/mol. The van der Waals surface area contributed by atoms with Crippen molar-refractivity contribution in [1.82, 2.24) is 0 Å². The van der Waals surface area contributed by atoms with Gasteiger partial charge in [-0.25, -0.2) is 4.79 Å². The third-order valence-electron chi connectivity index (χ3n) is 3.92. The summed E-state index contributed by atoms with van der Waals surface area (Å²) in [5.74, 6) is -1.17. The Morgan fingerprint density at radius 3 is 2.30 bits per heavy atom. The quantitative estimate of drug-likeness (QED) is 0.763. The molecule has 0 amide bonds. The molecule has 2 aromatic rings. The smallest absolute Gasteiger partial charge is 0.336 e. The number of phenols is 1. The molecule has 0 aliphatic heterocycles. The van der Waals surface area contributed by atoms with Crippen LogP contribution in [0.3, 0.4) is 0 Å². The second kappa shape index (κ2) is 7.15. The average Bonchev–Trinajstić information content (AvgIpc) is 2.55. The van der Waals surface area contributed by atoms with E-state index in [4.69, 9.17) is 0 Å². The summed E-state index contributed by atoms with van der Waals surface area (Å²) in [6.07, 6.45) is -1.20. The van der Waals surface area contributed by atoms with Crippen molar-refractivity contribution in [1.29, 1.82) is 0 Å². The van der Waals surface area contributed by atoms with Crippen LogP contribution in [-0.4, -0.2) is 34.4 Å². The van der Waals surface area contributed by atoms with E-state index < -0.39 is 12.1 Å². The number of hydrogen-bond donors (Lipinski definition) is 3. The minimum atomic E-state index is -1.20. The summed E-state index contributed by atoms with van der Waals surface area (Å²) in [6, 6.07) is 11.3. The summed E-state index contributed by atoms with van der Waals surface area (Å²) in [5.41, 5.74) is 1.42. The predicted octanol–water partition coefficient (Wildman–Crippen LogP) is 3.02. The Morgan fingerprint density at radius 2 is 1.74 bits per heavy atom. The maximum Gasteiger partial charge on any atom is 0.336 e. The molecule has 3 N–H and O–H groups in total. The van der Waals surface area contributed by atoms with Gasteiger partial charge in [-0.3, -0.25) is 0 Å². The van der Waals surface area contributed by atoms with Gasteiger partial charge in [0.05, 0.1) is 5.56 Å². The van der Waals surface area contributed by atoms with E-state index in [2.05, 4.69) is 4.90 Å². The molecule has 23 heavy (non-hydrogen) atoms. The van der Waals surface area contributed by atoms with E-state index in [0.717, 1.165) is 18.8 Å². The van der Waals surface area contributed by atoms with E-state index >= 15 is 0 Å². The number of carbonyl (C=O) groups is 1. The van der Waals surface area contributed by atoms with Crippen molar-refractivity contribution in [2.24, 2.45) is 0 Å². The van der Waals surface area contributed by atoms with Gasteiger partial charge in [0.1, 0.15) is 11.9 Å². The Balaban J connectivity index is 2.41. The van der Waals surface area contributed by atoms with Crippen LogP contribution in [0.5, 0.6) is 5.75 Å². The van der Waals surface area contributed by atoms with Crippen LogP contribution >= 0.6 is 0 Å². The second-order valence-corrected chi connectivity index (χ2v) is 5.21. The first-order valence-electron chi connectivity index (χ1n) is 7.57. The number of carboxylic acids is 1. The fraction of sp³-hybridized carbons (Fsp3) is 0.278. The Kier molecular flexibility index (Phi) is 5.24.